The van der Waals surface area contributed by atoms with Crippen LogP contribution in [-0.4, -0.2) is 26.9 Å². The Labute approximate surface area is 169 Å². The molecular formula is C20H17BrN4OS. The average Bonchev–Trinajstić information content (AvgIpc) is 3.29. The molecule has 2 aromatic carbocycles. The fraction of sp³-hybridized carbons (Fsp3) is 0.150. The molecule has 0 aliphatic rings. The Morgan fingerprint density at radius 1 is 1.11 bits per heavy atom. The van der Waals surface area contributed by atoms with Crippen LogP contribution in [0.2, 0.25) is 0 Å². The van der Waals surface area contributed by atoms with Crippen molar-refractivity contribution in [1.29, 1.82) is 0 Å². The van der Waals surface area contributed by atoms with E-state index in [2.05, 4.69) is 31.4 Å². The quantitative estimate of drug-likeness (QED) is 0.428. The average molecular weight is 441 g/mol. The topological polar surface area (TPSA) is 52.8 Å². The number of thiazole rings is 1. The predicted octanol–water partition coefficient (Wildman–Crippen LogP) is 5.20. The standard InChI is InChI=1S/C20H17BrN4OS/c1-13-22-19(14-6-4-3-5-7-14)25(24-13)11-16-12-27-20(23-16)17-10-15(21)8-9-18(17)26-2/h3-10,12H,11H2,1-2H3. The molecule has 0 saturated heterocycles. The van der Waals surface area contributed by atoms with Crippen LogP contribution in [0.3, 0.4) is 0 Å². The minimum absolute atomic E-state index is 0.567. The number of aryl methyl sites for hydroxylation is 1. The van der Waals surface area contributed by atoms with Crippen molar-refractivity contribution in [2.75, 3.05) is 7.11 Å². The summed E-state index contributed by atoms with van der Waals surface area (Å²) < 4.78 is 8.38. The first-order chi connectivity index (χ1) is 13.1. The second-order valence-electron chi connectivity index (χ2n) is 5.99. The number of nitrogens with zero attached hydrogens (tertiary/aromatic N) is 4. The maximum absolute atomic E-state index is 5.48. The summed E-state index contributed by atoms with van der Waals surface area (Å²) in [6.07, 6.45) is 0. The van der Waals surface area contributed by atoms with E-state index in [0.29, 0.717) is 6.54 Å². The summed E-state index contributed by atoms with van der Waals surface area (Å²) in [6.45, 7) is 2.47. The molecule has 0 saturated carbocycles. The number of hydrogen-bond donors (Lipinski definition) is 0. The number of aromatic nitrogens is 4. The molecule has 7 heteroatoms. The summed E-state index contributed by atoms with van der Waals surface area (Å²) in [5.41, 5.74) is 2.96. The molecule has 5 nitrogen and oxygen atoms in total. The van der Waals surface area contributed by atoms with Gasteiger partial charge in [0.2, 0.25) is 0 Å². The van der Waals surface area contributed by atoms with Gasteiger partial charge in [-0.2, -0.15) is 5.10 Å². The van der Waals surface area contributed by atoms with Gasteiger partial charge in [-0.05, 0) is 25.1 Å². The maximum atomic E-state index is 5.48. The van der Waals surface area contributed by atoms with Gasteiger partial charge in [-0.25, -0.2) is 14.6 Å². The molecule has 0 bridgehead atoms. The van der Waals surface area contributed by atoms with Gasteiger partial charge < -0.3 is 4.74 Å². The lowest BCUT2D eigenvalue weighted by molar-refractivity contribution is 0.416. The van der Waals surface area contributed by atoms with Gasteiger partial charge in [0.15, 0.2) is 5.82 Å². The molecule has 0 N–H and O–H groups in total. The van der Waals surface area contributed by atoms with E-state index in [4.69, 9.17) is 9.72 Å². The lowest BCUT2D eigenvalue weighted by Gasteiger charge is -2.06. The van der Waals surface area contributed by atoms with Crippen molar-refractivity contribution in [3.63, 3.8) is 0 Å². The van der Waals surface area contributed by atoms with E-state index in [1.54, 1.807) is 18.4 Å². The Balaban J connectivity index is 1.66. The van der Waals surface area contributed by atoms with Gasteiger partial charge in [-0.1, -0.05) is 46.3 Å². The Morgan fingerprint density at radius 2 is 1.93 bits per heavy atom. The summed E-state index contributed by atoms with van der Waals surface area (Å²) in [5, 5.41) is 7.52. The molecular weight excluding hydrogens is 424 g/mol. The third-order valence-corrected chi connectivity index (χ3v) is 5.48. The summed E-state index contributed by atoms with van der Waals surface area (Å²) in [5.74, 6) is 2.40. The first-order valence-electron chi connectivity index (χ1n) is 8.39. The van der Waals surface area contributed by atoms with Gasteiger partial charge in [0, 0.05) is 15.4 Å². The van der Waals surface area contributed by atoms with Gasteiger partial charge in [0.1, 0.15) is 16.6 Å². The number of hydrogen-bond acceptors (Lipinski definition) is 5. The van der Waals surface area contributed by atoms with Crippen molar-refractivity contribution in [3.8, 4) is 27.7 Å². The van der Waals surface area contributed by atoms with Crippen LogP contribution in [-0.2, 0) is 6.54 Å². The molecule has 2 aromatic heterocycles. The zero-order valence-corrected chi connectivity index (χ0v) is 17.3. The molecule has 2 heterocycles. The zero-order valence-electron chi connectivity index (χ0n) is 14.9. The highest BCUT2D eigenvalue weighted by atomic mass is 79.9. The van der Waals surface area contributed by atoms with Crippen molar-refractivity contribution in [3.05, 3.63) is 69.9 Å². The molecule has 0 amide bonds. The maximum Gasteiger partial charge on any atom is 0.158 e. The molecule has 27 heavy (non-hydrogen) atoms. The van der Waals surface area contributed by atoms with E-state index in [1.807, 2.05) is 60.1 Å². The largest absolute Gasteiger partial charge is 0.496 e. The van der Waals surface area contributed by atoms with E-state index in [1.165, 1.54) is 0 Å². The molecule has 136 valence electrons. The Kier molecular flexibility index (Phi) is 5.05. The molecule has 0 spiro atoms. The fourth-order valence-electron chi connectivity index (χ4n) is 2.87. The van der Waals surface area contributed by atoms with Crippen molar-refractivity contribution in [2.24, 2.45) is 0 Å². The van der Waals surface area contributed by atoms with Gasteiger partial charge in [0.25, 0.3) is 0 Å². The third-order valence-electron chi connectivity index (χ3n) is 4.07. The highest BCUT2D eigenvalue weighted by molar-refractivity contribution is 9.10. The van der Waals surface area contributed by atoms with Crippen LogP contribution < -0.4 is 4.74 Å². The second-order valence-corrected chi connectivity index (χ2v) is 7.77. The van der Waals surface area contributed by atoms with Crippen LogP contribution in [0.5, 0.6) is 5.75 Å². The second kappa shape index (κ2) is 7.62. The highest BCUT2D eigenvalue weighted by Crippen LogP contribution is 2.34. The summed E-state index contributed by atoms with van der Waals surface area (Å²) in [4.78, 5) is 9.38. The lowest BCUT2D eigenvalue weighted by Crippen LogP contribution is -2.04. The molecule has 0 aliphatic heterocycles. The van der Waals surface area contributed by atoms with Crippen LogP contribution in [0, 0.1) is 6.92 Å². The highest BCUT2D eigenvalue weighted by Gasteiger charge is 2.14. The van der Waals surface area contributed by atoms with Gasteiger partial charge in [-0.3, -0.25) is 0 Å². The fourth-order valence-corrected chi connectivity index (χ4v) is 4.06. The number of rotatable bonds is 5. The predicted molar refractivity (Wildman–Crippen MR) is 111 cm³/mol. The van der Waals surface area contributed by atoms with Crippen LogP contribution in [0.4, 0.5) is 0 Å². The minimum atomic E-state index is 0.567. The van der Waals surface area contributed by atoms with Gasteiger partial charge >= 0.3 is 0 Å². The van der Waals surface area contributed by atoms with Crippen molar-refractivity contribution < 1.29 is 4.74 Å². The number of methoxy groups -OCH3 is 1. The number of ether oxygens (including phenoxy) is 1. The first kappa shape index (κ1) is 17.9. The van der Waals surface area contributed by atoms with Crippen LogP contribution in [0.25, 0.3) is 22.0 Å². The van der Waals surface area contributed by atoms with E-state index in [-0.39, 0.29) is 0 Å². The molecule has 0 unspecified atom stereocenters. The van der Waals surface area contributed by atoms with Crippen molar-refractivity contribution in [1.82, 2.24) is 19.7 Å². The molecule has 0 aliphatic carbocycles. The van der Waals surface area contributed by atoms with Crippen molar-refractivity contribution in [2.45, 2.75) is 13.5 Å². The minimum Gasteiger partial charge on any atom is -0.496 e. The molecule has 4 rings (SSSR count). The van der Waals surface area contributed by atoms with E-state index in [9.17, 15) is 0 Å². The lowest BCUT2D eigenvalue weighted by atomic mass is 10.2. The Bertz CT molecular complexity index is 1070. The number of benzene rings is 2. The summed E-state index contributed by atoms with van der Waals surface area (Å²) in [6, 6.07) is 16.0. The Morgan fingerprint density at radius 3 is 2.70 bits per heavy atom. The number of halogens is 1. The monoisotopic (exact) mass is 440 g/mol. The molecule has 0 fully saturated rings. The zero-order chi connectivity index (χ0) is 18.8. The Hall–Kier alpha value is -2.51. The van der Waals surface area contributed by atoms with Crippen LogP contribution >= 0.6 is 27.3 Å². The third kappa shape index (κ3) is 3.79. The smallest absolute Gasteiger partial charge is 0.158 e. The normalized spacial score (nSPS) is 10.9. The SMILES string of the molecule is COc1ccc(Br)cc1-c1nc(Cn2nc(C)nc2-c2ccccc2)cs1. The van der Waals surface area contributed by atoms with E-state index in [0.717, 1.165) is 43.7 Å². The summed E-state index contributed by atoms with van der Waals surface area (Å²) >= 11 is 5.12. The molecule has 0 atom stereocenters. The van der Waals surface area contributed by atoms with E-state index < -0.39 is 0 Å². The van der Waals surface area contributed by atoms with E-state index >= 15 is 0 Å². The van der Waals surface area contributed by atoms with Crippen LogP contribution in [0.1, 0.15) is 11.5 Å². The molecule has 0 radical (unpaired) electrons. The van der Waals surface area contributed by atoms with Gasteiger partial charge in [-0.15, -0.1) is 11.3 Å². The summed E-state index contributed by atoms with van der Waals surface area (Å²) in [7, 11) is 1.67. The van der Waals surface area contributed by atoms with Gasteiger partial charge in [0.05, 0.1) is 24.9 Å². The van der Waals surface area contributed by atoms with Crippen molar-refractivity contribution >= 4 is 27.3 Å². The van der Waals surface area contributed by atoms with Crippen LogP contribution in [0.15, 0.2) is 58.4 Å². The first-order valence-corrected chi connectivity index (χ1v) is 10.1. The molecule has 4 aromatic rings.